The average Bonchev–Trinajstić information content (AvgIpc) is 2.16. The lowest BCUT2D eigenvalue weighted by Gasteiger charge is -2.31. The van der Waals surface area contributed by atoms with E-state index in [1.807, 2.05) is 13.8 Å². The molecule has 96 valence electrons. The van der Waals surface area contributed by atoms with E-state index in [0.717, 1.165) is 12.5 Å². The van der Waals surface area contributed by atoms with Crippen LogP contribution in [0.5, 0.6) is 0 Å². The van der Waals surface area contributed by atoms with Gasteiger partial charge < -0.3 is 10.2 Å². The summed E-state index contributed by atoms with van der Waals surface area (Å²) in [5.41, 5.74) is 0. The van der Waals surface area contributed by atoms with E-state index in [4.69, 9.17) is 0 Å². The van der Waals surface area contributed by atoms with Gasteiger partial charge >= 0.3 is 0 Å². The standard InChI is InChI=1S/C13H27NO2/c1-11(15)8-14(9-12(2)16)10-13-6-4-3-5-7-13/h11-13,15-16H,3-10H2,1-2H3/t11-,12-/m1/s1. The molecule has 2 atom stereocenters. The van der Waals surface area contributed by atoms with Crippen molar-refractivity contribution in [2.75, 3.05) is 19.6 Å². The van der Waals surface area contributed by atoms with Gasteiger partial charge in [-0.25, -0.2) is 0 Å². The molecule has 0 amide bonds. The van der Waals surface area contributed by atoms with Crippen LogP contribution < -0.4 is 0 Å². The molecule has 0 aromatic heterocycles. The smallest absolute Gasteiger partial charge is 0.0639 e. The molecule has 0 aliphatic heterocycles. The summed E-state index contributed by atoms with van der Waals surface area (Å²) in [6.07, 6.45) is 6.10. The van der Waals surface area contributed by atoms with Gasteiger partial charge in [-0.05, 0) is 32.6 Å². The minimum atomic E-state index is -0.303. The van der Waals surface area contributed by atoms with Gasteiger partial charge in [0.2, 0.25) is 0 Å². The van der Waals surface area contributed by atoms with E-state index in [1.165, 1.54) is 32.1 Å². The first kappa shape index (κ1) is 13.9. The Morgan fingerprint density at radius 1 is 1.00 bits per heavy atom. The molecule has 1 aliphatic rings. The third-order valence-electron chi connectivity index (χ3n) is 3.29. The normalized spacial score (nSPS) is 22.3. The van der Waals surface area contributed by atoms with Crippen LogP contribution in [0, 0.1) is 5.92 Å². The minimum absolute atomic E-state index is 0.303. The van der Waals surface area contributed by atoms with E-state index >= 15 is 0 Å². The molecule has 2 N–H and O–H groups in total. The highest BCUT2D eigenvalue weighted by molar-refractivity contribution is 4.72. The molecule has 0 radical (unpaired) electrons. The Bertz CT molecular complexity index is 167. The van der Waals surface area contributed by atoms with Crippen LogP contribution in [0.4, 0.5) is 0 Å². The summed E-state index contributed by atoms with van der Waals surface area (Å²) in [4.78, 5) is 2.21. The van der Waals surface area contributed by atoms with Crippen molar-refractivity contribution < 1.29 is 10.2 Å². The molecule has 0 saturated heterocycles. The second-order valence-electron chi connectivity index (χ2n) is 5.42. The molecule has 1 rings (SSSR count). The molecule has 0 bridgehead atoms. The first-order chi connectivity index (χ1) is 7.58. The largest absolute Gasteiger partial charge is 0.392 e. The van der Waals surface area contributed by atoms with Crippen LogP contribution in [0.15, 0.2) is 0 Å². The van der Waals surface area contributed by atoms with Crippen molar-refractivity contribution in [3.63, 3.8) is 0 Å². The molecule has 16 heavy (non-hydrogen) atoms. The molecule has 1 aliphatic carbocycles. The number of aliphatic hydroxyl groups excluding tert-OH is 2. The van der Waals surface area contributed by atoms with E-state index in [9.17, 15) is 10.2 Å². The molecule has 1 saturated carbocycles. The monoisotopic (exact) mass is 229 g/mol. The Hall–Kier alpha value is -0.120. The highest BCUT2D eigenvalue weighted by Gasteiger charge is 2.19. The molecule has 0 spiro atoms. The molecule has 0 heterocycles. The quantitative estimate of drug-likeness (QED) is 0.727. The van der Waals surface area contributed by atoms with Crippen molar-refractivity contribution in [3.8, 4) is 0 Å². The van der Waals surface area contributed by atoms with Crippen LogP contribution in [-0.4, -0.2) is 47.0 Å². The minimum Gasteiger partial charge on any atom is -0.392 e. The summed E-state index contributed by atoms with van der Waals surface area (Å²) in [6, 6.07) is 0. The van der Waals surface area contributed by atoms with Gasteiger partial charge in [0.15, 0.2) is 0 Å². The maximum absolute atomic E-state index is 9.44. The zero-order chi connectivity index (χ0) is 12.0. The fourth-order valence-corrected chi connectivity index (χ4v) is 2.71. The number of nitrogens with zero attached hydrogens (tertiary/aromatic N) is 1. The summed E-state index contributed by atoms with van der Waals surface area (Å²) >= 11 is 0. The van der Waals surface area contributed by atoms with Gasteiger partial charge in [-0.2, -0.15) is 0 Å². The molecular formula is C13H27NO2. The van der Waals surface area contributed by atoms with Crippen LogP contribution in [0.25, 0.3) is 0 Å². The van der Waals surface area contributed by atoms with Crippen molar-refractivity contribution in [1.82, 2.24) is 4.90 Å². The first-order valence-electron chi connectivity index (χ1n) is 6.66. The third-order valence-corrected chi connectivity index (χ3v) is 3.29. The summed E-state index contributed by atoms with van der Waals surface area (Å²) in [6.45, 7) is 6.03. The van der Waals surface area contributed by atoms with Crippen molar-refractivity contribution >= 4 is 0 Å². The lowest BCUT2D eigenvalue weighted by molar-refractivity contribution is 0.0693. The van der Waals surface area contributed by atoms with Gasteiger partial charge in [0, 0.05) is 19.6 Å². The van der Waals surface area contributed by atoms with Crippen LogP contribution in [0.2, 0.25) is 0 Å². The third kappa shape index (κ3) is 5.83. The highest BCUT2D eigenvalue weighted by Crippen LogP contribution is 2.24. The van der Waals surface area contributed by atoms with E-state index in [1.54, 1.807) is 0 Å². The van der Waals surface area contributed by atoms with E-state index in [2.05, 4.69) is 4.90 Å². The molecule has 3 heteroatoms. The molecular weight excluding hydrogens is 202 g/mol. The Morgan fingerprint density at radius 3 is 1.94 bits per heavy atom. The van der Waals surface area contributed by atoms with E-state index in [0.29, 0.717) is 13.1 Å². The van der Waals surface area contributed by atoms with Crippen molar-refractivity contribution in [3.05, 3.63) is 0 Å². The second-order valence-corrected chi connectivity index (χ2v) is 5.42. The lowest BCUT2D eigenvalue weighted by Crippen LogP contribution is -2.39. The SMILES string of the molecule is C[C@@H](O)CN(CC1CCCCC1)C[C@@H](C)O. The molecule has 0 aromatic rings. The van der Waals surface area contributed by atoms with Gasteiger partial charge in [-0.1, -0.05) is 19.3 Å². The maximum atomic E-state index is 9.44. The summed E-state index contributed by atoms with van der Waals surface area (Å²) in [5.74, 6) is 0.770. The number of hydrogen-bond donors (Lipinski definition) is 2. The lowest BCUT2D eigenvalue weighted by atomic mass is 9.89. The Morgan fingerprint density at radius 2 is 1.50 bits per heavy atom. The fourth-order valence-electron chi connectivity index (χ4n) is 2.71. The zero-order valence-corrected chi connectivity index (χ0v) is 10.7. The van der Waals surface area contributed by atoms with Crippen LogP contribution in [-0.2, 0) is 0 Å². The van der Waals surface area contributed by atoms with Crippen LogP contribution in [0.3, 0.4) is 0 Å². The second kappa shape index (κ2) is 7.25. The fraction of sp³-hybridized carbons (Fsp3) is 1.00. The zero-order valence-electron chi connectivity index (χ0n) is 10.7. The number of aliphatic hydroxyl groups is 2. The number of rotatable bonds is 6. The van der Waals surface area contributed by atoms with Crippen molar-refractivity contribution in [1.29, 1.82) is 0 Å². The number of hydrogen-bond acceptors (Lipinski definition) is 3. The Balaban J connectivity index is 2.35. The molecule has 0 unspecified atom stereocenters. The maximum Gasteiger partial charge on any atom is 0.0639 e. The first-order valence-corrected chi connectivity index (χ1v) is 6.66. The van der Waals surface area contributed by atoms with Crippen LogP contribution in [0.1, 0.15) is 46.0 Å². The Labute approximate surface area is 99.5 Å². The van der Waals surface area contributed by atoms with Gasteiger partial charge in [-0.15, -0.1) is 0 Å². The molecule has 0 aromatic carbocycles. The predicted octanol–water partition coefficient (Wildman–Crippen LogP) is 1.63. The van der Waals surface area contributed by atoms with Crippen molar-refractivity contribution in [2.45, 2.75) is 58.2 Å². The molecule has 1 fully saturated rings. The molecule has 3 nitrogen and oxygen atoms in total. The summed E-state index contributed by atoms with van der Waals surface area (Å²) < 4.78 is 0. The van der Waals surface area contributed by atoms with Gasteiger partial charge in [0.05, 0.1) is 12.2 Å². The van der Waals surface area contributed by atoms with Gasteiger partial charge in [-0.3, -0.25) is 4.90 Å². The summed E-state index contributed by atoms with van der Waals surface area (Å²) in [5, 5.41) is 18.9. The van der Waals surface area contributed by atoms with E-state index in [-0.39, 0.29) is 12.2 Å². The predicted molar refractivity (Wildman–Crippen MR) is 66.4 cm³/mol. The van der Waals surface area contributed by atoms with Crippen LogP contribution >= 0.6 is 0 Å². The average molecular weight is 229 g/mol. The van der Waals surface area contributed by atoms with Gasteiger partial charge in [0.1, 0.15) is 0 Å². The Kier molecular flexibility index (Phi) is 6.32. The topological polar surface area (TPSA) is 43.7 Å². The van der Waals surface area contributed by atoms with E-state index < -0.39 is 0 Å². The summed E-state index contributed by atoms with van der Waals surface area (Å²) in [7, 11) is 0. The van der Waals surface area contributed by atoms with Crippen molar-refractivity contribution in [2.24, 2.45) is 5.92 Å². The van der Waals surface area contributed by atoms with Gasteiger partial charge in [0.25, 0.3) is 0 Å². The highest BCUT2D eigenvalue weighted by atomic mass is 16.3.